The van der Waals surface area contributed by atoms with Crippen LogP contribution in [0.3, 0.4) is 0 Å². The second-order valence-corrected chi connectivity index (χ2v) is 5.51. The normalized spacial score (nSPS) is 11.4. The van der Waals surface area contributed by atoms with Crippen molar-refractivity contribution in [2.45, 2.75) is 33.1 Å². The Morgan fingerprint density at radius 3 is 2.45 bits per heavy atom. The maximum absolute atomic E-state index is 9.97. The van der Waals surface area contributed by atoms with Crippen LogP contribution in [0.2, 0.25) is 0 Å². The number of rotatable bonds is 4. The summed E-state index contributed by atoms with van der Waals surface area (Å²) in [5.74, 6) is 0.751. The first kappa shape index (κ1) is 14.4. The van der Waals surface area contributed by atoms with E-state index in [1.807, 2.05) is 24.3 Å². The van der Waals surface area contributed by atoms with Crippen molar-refractivity contribution in [2.24, 2.45) is 0 Å². The molecule has 0 aliphatic heterocycles. The lowest BCUT2D eigenvalue weighted by molar-refractivity contribution is 0.464. The van der Waals surface area contributed by atoms with Crippen molar-refractivity contribution >= 4 is 6.08 Å². The molecule has 0 aliphatic rings. The molecule has 0 spiro atoms. The van der Waals surface area contributed by atoms with Gasteiger partial charge in [-0.05, 0) is 47.6 Å². The number of allylic oxidation sites excluding steroid dienone is 1. The van der Waals surface area contributed by atoms with E-state index >= 15 is 0 Å². The molecule has 0 fully saturated rings. The number of aromatic hydroxyl groups is 1. The Hall–Kier alpha value is -2.02. The number of phenols is 1. The zero-order chi connectivity index (χ0) is 14.5. The third kappa shape index (κ3) is 3.51. The van der Waals surface area contributed by atoms with Crippen LogP contribution < -0.4 is 0 Å². The molecule has 0 atom stereocenters. The van der Waals surface area contributed by atoms with E-state index in [0.717, 1.165) is 17.5 Å². The van der Waals surface area contributed by atoms with Crippen LogP contribution in [0.15, 0.2) is 48.5 Å². The number of aryl methyl sites for hydroxylation is 1. The zero-order valence-electron chi connectivity index (χ0n) is 12.4. The minimum Gasteiger partial charge on any atom is -0.508 e. The molecule has 104 valence electrons. The molecule has 0 saturated carbocycles. The highest BCUT2D eigenvalue weighted by atomic mass is 16.3. The van der Waals surface area contributed by atoms with E-state index in [1.165, 1.54) is 11.1 Å². The Labute approximate surface area is 121 Å². The molecule has 0 saturated heterocycles. The van der Waals surface area contributed by atoms with Crippen molar-refractivity contribution < 1.29 is 5.11 Å². The molecule has 0 unspecified atom stereocenters. The Morgan fingerprint density at radius 2 is 1.80 bits per heavy atom. The molecule has 2 rings (SSSR count). The van der Waals surface area contributed by atoms with Crippen LogP contribution >= 0.6 is 0 Å². The van der Waals surface area contributed by atoms with Crippen LogP contribution in [0.5, 0.6) is 5.75 Å². The monoisotopic (exact) mass is 266 g/mol. The lowest BCUT2D eigenvalue weighted by Crippen LogP contribution is -1.94. The summed E-state index contributed by atoms with van der Waals surface area (Å²) in [6.45, 7) is 6.26. The molecular weight excluding hydrogens is 244 g/mol. The van der Waals surface area contributed by atoms with Crippen molar-refractivity contribution in [3.63, 3.8) is 0 Å². The van der Waals surface area contributed by atoms with Gasteiger partial charge < -0.3 is 5.11 Å². The van der Waals surface area contributed by atoms with Crippen molar-refractivity contribution in [1.82, 2.24) is 0 Å². The van der Waals surface area contributed by atoms with Crippen LogP contribution in [-0.4, -0.2) is 5.11 Å². The number of phenolic OH excluding ortho intramolecular Hbond substituents is 1. The van der Waals surface area contributed by atoms with E-state index in [1.54, 1.807) is 0 Å². The van der Waals surface area contributed by atoms with Crippen molar-refractivity contribution in [1.29, 1.82) is 0 Å². The highest BCUT2D eigenvalue weighted by Gasteiger charge is 2.08. The van der Waals surface area contributed by atoms with Crippen LogP contribution in [0, 0.1) is 6.92 Å². The molecule has 0 aliphatic carbocycles. The molecule has 1 N–H and O–H groups in total. The summed E-state index contributed by atoms with van der Waals surface area (Å²) in [4.78, 5) is 0. The highest BCUT2D eigenvalue weighted by Crippen LogP contribution is 2.29. The van der Waals surface area contributed by atoms with Crippen LogP contribution in [-0.2, 0) is 6.42 Å². The molecule has 0 radical (unpaired) electrons. The summed E-state index contributed by atoms with van der Waals surface area (Å²) in [5.41, 5.74) is 4.66. The average molecular weight is 266 g/mol. The fraction of sp³-hybridized carbons (Fsp3) is 0.263. The summed E-state index contributed by atoms with van der Waals surface area (Å²) in [7, 11) is 0. The standard InChI is InChI=1S/C19H22O/c1-14(2)18-13-17(15(3)12-19(18)20)11-7-10-16-8-5-4-6-9-16/h4-10,12-14,20H,11H2,1-3H3. The SMILES string of the molecule is Cc1cc(O)c(C(C)C)cc1CC=Cc1ccccc1. The van der Waals surface area contributed by atoms with Gasteiger partial charge in [-0.3, -0.25) is 0 Å². The molecule has 2 aromatic carbocycles. The molecule has 0 bridgehead atoms. The van der Waals surface area contributed by atoms with Gasteiger partial charge in [-0.1, -0.05) is 62.4 Å². The van der Waals surface area contributed by atoms with Crippen molar-refractivity contribution in [3.05, 3.63) is 70.8 Å². The first-order valence-corrected chi connectivity index (χ1v) is 7.12. The van der Waals surface area contributed by atoms with Gasteiger partial charge in [0.1, 0.15) is 5.75 Å². The van der Waals surface area contributed by atoms with Gasteiger partial charge in [-0.15, -0.1) is 0 Å². The predicted molar refractivity (Wildman–Crippen MR) is 86.1 cm³/mol. The Balaban J connectivity index is 2.17. The second-order valence-electron chi connectivity index (χ2n) is 5.51. The van der Waals surface area contributed by atoms with E-state index < -0.39 is 0 Å². The van der Waals surface area contributed by atoms with Crippen LogP contribution in [0.1, 0.15) is 42.0 Å². The molecule has 0 aromatic heterocycles. The summed E-state index contributed by atoms with van der Waals surface area (Å²) >= 11 is 0. The molecule has 0 amide bonds. The summed E-state index contributed by atoms with van der Waals surface area (Å²) < 4.78 is 0. The topological polar surface area (TPSA) is 20.2 Å². The second kappa shape index (κ2) is 6.42. The minimum absolute atomic E-state index is 0.340. The fourth-order valence-electron chi connectivity index (χ4n) is 2.33. The van der Waals surface area contributed by atoms with E-state index in [-0.39, 0.29) is 0 Å². The zero-order valence-corrected chi connectivity index (χ0v) is 12.4. The minimum atomic E-state index is 0.340. The third-order valence-electron chi connectivity index (χ3n) is 3.55. The Morgan fingerprint density at radius 1 is 1.10 bits per heavy atom. The fourth-order valence-corrected chi connectivity index (χ4v) is 2.33. The van der Waals surface area contributed by atoms with E-state index in [9.17, 15) is 5.11 Å². The van der Waals surface area contributed by atoms with Crippen LogP contribution in [0.25, 0.3) is 6.08 Å². The lowest BCUT2D eigenvalue weighted by atomic mass is 9.95. The van der Waals surface area contributed by atoms with Gasteiger partial charge in [0.2, 0.25) is 0 Å². The first-order valence-electron chi connectivity index (χ1n) is 7.12. The van der Waals surface area contributed by atoms with Crippen molar-refractivity contribution in [3.8, 4) is 5.75 Å². The Kier molecular flexibility index (Phi) is 4.62. The van der Waals surface area contributed by atoms with Gasteiger partial charge in [0.25, 0.3) is 0 Å². The first-order chi connectivity index (χ1) is 9.58. The number of hydrogen-bond donors (Lipinski definition) is 1. The molecule has 2 aromatic rings. The summed E-state index contributed by atoms with van der Waals surface area (Å²) in [5, 5.41) is 9.97. The smallest absolute Gasteiger partial charge is 0.119 e. The van der Waals surface area contributed by atoms with E-state index in [2.05, 4.69) is 51.1 Å². The van der Waals surface area contributed by atoms with Crippen molar-refractivity contribution in [2.75, 3.05) is 0 Å². The van der Waals surface area contributed by atoms with Gasteiger partial charge in [0.15, 0.2) is 0 Å². The Bertz CT molecular complexity index is 595. The van der Waals surface area contributed by atoms with E-state index in [0.29, 0.717) is 11.7 Å². The summed E-state index contributed by atoms with van der Waals surface area (Å²) in [6, 6.07) is 14.3. The van der Waals surface area contributed by atoms with Crippen LogP contribution in [0.4, 0.5) is 0 Å². The van der Waals surface area contributed by atoms with Gasteiger partial charge in [0, 0.05) is 0 Å². The maximum atomic E-state index is 9.97. The lowest BCUT2D eigenvalue weighted by Gasteiger charge is -2.12. The molecule has 1 heteroatoms. The maximum Gasteiger partial charge on any atom is 0.119 e. The third-order valence-corrected chi connectivity index (χ3v) is 3.55. The van der Waals surface area contributed by atoms with Gasteiger partial charge in [-0.25, -0.2) is 0 Å². The van der Waals surface area contributed by atoms with Gasteiger partial charge in [0.05, 0.1) is 0 Å². The van der Waals surface area contributed by atoms with Gasteiger partial charge >= 0.3 is 0 Å². The molecular formula is C19H22O. The number of benzene rings is 2. The molecule has 0 heterocycles. The summed E-state index contributed by atoms with van der Waals surface area (Å²) in [6.07, 6.45) is 5.21. The quantitative estimate of drug-likeness (QED) is 0.818. The van der Waals surface area contributed by atoms with E-state index in [4.69, 9.17) is 0 Å². The average Bonchev–Trinajstić information content (AvgIpc) is 2.42. The highest BCUT2D eigenvalue weighted by molar-refractivity contribution is 5.50. The predicted octanol–water partition coefficient (Wildman–Crippen LogP) is 5.08. The number of hydrogen-bond acceptors (Lipinski definition) is 1. The largest absolute Gasteiger partial charge is 0.508 e. The molecule has 1 nitrogen and oxygen atoms in total. The molecule has 20 heavy (non-hydrogen) atoms. The van der Waals surface area contributed by atoms with Gasteiger partial charge in [-0.2, -0.15) is 0 Å².